The maximum atomic E-state index is 13.2. The lowest BCUT2D eigenvalue weighted by atomic mass is 9.93. The third-order valence-electron chi connectivity index (χ3n) is 7.74. The smallest absolute Gasteiger partial charge is 0.434 e. The summed E-state index contributed by atoms with van der Waals surface area (Å²) in [6, 6.07) is 9.59. The number of pyridine rings is 1. The number of halogens is 3. The summed E-state index contributed by atoms with van der Waals surface area (Å²) in [6.07, 6.45) is 6.85. The number of nitrogens with zero attached hydrogens (tertiary/aromatic N) is 8. The summed E-state index contributed by atoms with van der Waals surface area (Å²) in [5.74, 6) is 1.40. The highest BCUT2D eigenvalue weighted by atomic mass is 19.4. The minimum atomic E-state index is -4.50. The Morgan fingerprint density at radius 1 is 1.00 bits per heavy atom. The summed E-state index contributed by atoms with van der Waals surface area (Å²) in [7, 11) is 3.17. The number of aryl methyl sites for hydroxylation is 1. The number of rotatable bonds is 6. The Balaban J connectivity index is 1.29. The number of hydrogen-bond donors (Lipinski definition) is 0. The molecule has 41 heavy (non-hydrogen) atoms. The molecule has 208 valence electrons. The van der Waals surface area contributed by atoms with Crippen molar-refractivity contribution in [3.63, 3.8) is 0 Å². The molecule has 5 heterocycles. The Kier molecular flexibility index (Phi) is 5.80. The van der Waals surface area contributed by atoms with E-state index in [4.69, 9.17) is 14.7 Å². The molecular weight excluding hydrogens is 533 g/mol. The molecule has 6 aromatic rings. The highest BCUT2D eigenvalue weighted by Gasteiger charge is 2.34. The normalized spacial score (nSPS) is 14.2. The van der Waals surface area contributed by atoms with E-state index in [-0.39, 0.29) is 5.82 Å². The number of alkyl halides is 3. The van der Waals surface area contributed by atoms with Crippen molar-refractivity contribution in [1.82, 2.24) is 38.9 Å². The number of fused-ring (bicyclic) bond motifs is 3. The molecule has 0 N–H and O–H groups in total. The monoisotopic (exact) mass is 558 g/mol. The van der Waals surface area contributed by atoms with Crippen molar-refractivity contribution in [3.05, 3.63) is 72.6 Å². The molecule has 1 saturated carbocycles. The summed E-state index contributed by atoms with van der Waals surface area (Å²) in [5.41, 5.74) is 3.02. The summed E-state index contributed by atoms with van der Waals surface area (Å²) in [6.45, 7) is 0.468. The molecule has 1 aliphatic rings. The second kappa shape index (κ2) is 9.43. The summed E-state index contributed by atoms with van der Waals surface area (Å²) in [4.78, 5) is 17.9. The number of aromatic nitrogens is 8. The van der Waals surface area contributed by atoms with Crippen LogP contribution < -0.4 is 4.74 Å². The van der Waals surface area contributed by atoms with E-state index in [2.05, 4.69) is 19.6 Å². The first kappa shape index (κ1) is 25.2. The molecule has 0 radical (unpaired) electrons. The molecule has 1 aliphatic carbocycles. The lowest BCUT2D eigenvalue weighted by Crippen LogP contribution is -2.19. The second-order valence-electron chi connectivity index (χ2n) is 10.3. The summed E-state index contributed by atoms with van der Waals surface area (Å²) in [5, 5.41) is 6.45. The Labute approximate surface area is 232 Å². The quantitative estimate of drug-likeness (QED) is 0.248. The van der Waals surface area contributed by atoms with E-state index < -0.39 is 11.9 Å². The predicted octanol–water partition coefficient (Wildman–Crippen LogP) is 6.04. The van der Waals surface area contributed by atoms with E-state index in [0.29, 0.717) is 29.7 Å². The van der Waals surface area contributed by atoms with Gasteiger partial charge < -0.3 is 13.9 Å². The molecule has 0 spiro atoms. The highest BCUT2D eigenvalue weighted by Crippen LogP contribution is 2.39. The number of imidazole rings is 1. The highest BCUT2D eigenvalue weighted by molar-refractivity contribution is 6.06. The maximum absolute atomic E-state index is 13.2. The summed E-state index contributed by atoms with van der Waals surface area (Å²) < 4.78 is 50.6. The first-order valence-corrected chi connectivity index (χ1v) is 13.2. The average Bonchev–Trinajstić information content (AvgIpc) is 3.62. The lowest BCUT2D eigenvalue weighted by molar-refractivity contribution is -0.140. The lowest BCUT2D eigenvalue weighted by Gasteiger charge is -2.27. The number of benzene rings is 1. The minimum Gasteiger partial charge on any atom is -0.493 e. The number of hydrogen-bond acceptors (Lipinski definition) is 6. The molecule has 1 aromatic carbocycles. The molecule has 5 aromatic heterocycles. The molecule has 0 unspecified atom stereocenters. The first-order chi connectivity index (χ1) is 19.8. The van der Waals surface area contributed by atoms with Crippen LogP contribution in [0.25, 0.3) is 44.8 Å². The Morgan fingerprint density at radius 2 is 1.80 bits per heavy atom. The van der Waals surface area contributed by atoms with E-state index in [1.54, 1.807) is 44.9 Å². The molecule has 0 bridgehead atoms. The van der Waals surface area contributed by atoms with Gasteiger partial charge in [-0.2, -0.15) is 18.3 Å². The molecule has 7 rings (SSSR count). The second-order valence-corrected chi connectivity index (χ2v) is 10.3. The number of methoxy groups -OCH3 is 1. The maximum Gasteiger partial charge on any atom is 0.434 e. The van der Waals surface area contributed by atoms with Gasteiger partial charge in [0, 0.05) is 48.5 Å². The Morgan fingerprint density at radius 3 is 2.49 bits per heavy atom. The average molecular weight is 559 g/mol. The van der Waals surface area contributed by atoms with Gasteiger partial charge in [-0.25, -0.2) is 15.0 Å². The van der Waals surface area contributed by atoms with Crippen LogP contribution in [0.1, 0.15) is 36.6 Å². The van der Waals surface area contributed by atoms with Crippen LogP contribution in [0.15, 0.2) is 61.3 Å². The van der Waals surface area contributed by atoms with Crippen molar-refractivity contribution in [2.24, 2.45) is 7.05 Å². The van der Waals surface area contributed by atoms with Gasteiger partial charge in [0.05, 0.1) is 31.1 Å². The van der Waals surface area contributed by atoms with Crippen molar-refractivity contribution < 1.29 is 17.9 Å². The van der Waals surface area contributed by atoms with Crippen LogP contribution in [0.2, 0.25) is 0 Å². The van der Waals surface area contributed by atoms with Gasteiger partial charge in [-0.1, -0.05) is 24.3 Å². The van der Waals surface area contributed by atoms with Crippen molar-refractivity contribution in [2.75, 3.05) is 7.11 Å². The molecule has 0 aliphatic heterocycles. The molecule has 0 atom stereocenters. The molecule has 0 saturated heterocycles. The van der Waals surface area contributed by atoms with E-state index >= 15 is 0 Å². The fraction of sp³-hybridized carbons (Fsp3) is 0.276. The third kappa shape index (κ3) is 4.21. The standard InChI is InChI=1S/C29H25F3N8O/c1-38-16-24(29(30,31)32)36-27(38)18-8-6-17(7-9-18)15-39-22-13-33-11-10-20(22)21-12-34-26(37-28(21)39)25-23(41-2)14-35-40(25)19-4-3-5-19/h6-14,16,19H,3-5,15H2,1-2H3. The van der Waals surface area contributed by atoms with Gasteiger partial charge >= 0.3 is 6.18 Å². The van der Waals surface area contributed by atoms with Crippen molar-refractivity contribution in [1.29, 1.82) is 0 Å². The Bertz CT molecular complexity index is 1900. The van der Waals surface area contributed by atoms with Crippen LogP contribution >= 0.6 is 0 Å². The van der Waals surface area contributed by atoms with E-state index in [1.165, 1.54) is 4.57 Å². The van der Waals surface area contributed by atoms with Crippen LogP contribution in [0.4, 0.5) is 13.2 Å². The van der Waals surface area contributed by atoms with Gasteiger partial charge in [0.15, 0.2) is 17.3 Å². The van der Waals surface area contributed by atoms with Crippen molar-refractivity contribution in [3.8, 4) is 28.7 Å². The van der Waals surface area contributed by atoms with E-state index in [1.807, 2.05) is 29.1 Å². The van der Waals surface area contributed by atoms with Gasteiger partial charge in [-0.05, 0) is 30.9 Å². The predicted molar refractivity (Wildman–Crippen MR) is 146 cm³/mol. The largest absolute Gasteiger partial charge is 0.493 e. The SMILES string of the molecule is COc1cnn(C2CCC2)c1-c1ncc2c3ccncc3n(Cc3ccc(-c4nc(C(F)(F)F)cn4C)cc3)c2n1. The van der Waals surface area contributed by atoms with Crippen LogP contribution in [0.3, 0.4) is 0 Å². The molecule has 0 amide bonds. The summed E-state index contributed by atoms with van der Waals surface area (Å²) >= 11 is 0. The molecular formula is C29H25F3N8O. The van der Waals surface area contributed by atoms with E-state index in [9.17, 15) is 13.2 Å². The van der Waals surface area contributed by atoms with Gasteiger partial charge in [0.25, 0.3) is 0 Å². The Hall–Kier alpha value is -4.74. The van der Waals surface area contributed by atoms with Crippen LogP contribution in [0, 0.1) is 0 Å². The van der Waals surface area contributed by atoms with Crippen LogP contribution in [-0.4, -0.2) is 46.0 Å². The van der Waals surface area contributed by atoms with Gasteiger partial charge in [-0.3, -0.25) is 9.67 Å². The van der Waals surface area contributed by atoms with Crippen molar-refractivity contribution >= 4 is 21.9 Å². The van der Waals surface area contributed by atoms with Gasteiger partial charge in [-0.15, -0.1) is 0 Å². The fourth-order valence-electron chi connectivity index (χ4n) is 5.42. The molecule has 9 nitrogen and oxygen atoms in total. The number of ether oxygens (including phenoxy) is 1. The van der Waals surface area contributed by atoms with Gasteiger partial charge in [0.2, 0.25) is 0 Å². The molecule has 1 fully saturated rings. The minimum absolute atomic E-state index is 0.249. The van der Waals surface area contributed by atoms with Crippen LogP contribution in [0.5, 0.6) is 5.75 Å². The van der Waals surface area contributed by atoms with Gasteiger partial charge in [0.1, 0.15) is 17.2 Å². The zero-order valence-electron chi connectivity index (χ0n) is 22.3. The zero-order valence-corrected chi connectivity index (χ0v) is 22.3. The molecule has 12 heteroatoms. The topological polar surface area (TPSA) is 88.5 Å². The van der Waals surface area contributed by atoms with E-state index in [0.717, 1.165) is 58.7 Å². The zero-order chi connectivity index (χ0) is 28.3. The van der Waals surface area contributed by atoms with Crippen molar-refractivity contribution in [2.45, 2.75) is 38.0 Å². The van der Waals surface area contributed by atoms with Crippen LogP contribution in [-0.2, 0) is 19.8 Å². The third-order valence-corrected chi connectivity index (χ3v) is 7.74. The fourth-order valence-corrected chi connectivity index (χ4v) is 5.42. The first-order valence-electron chi connectivity index (χ1n) is 13.2.